The van der Waals surface area contributed by atoms with Crippen LogP contribution in [0.1, 0.15) is 56.7 Å². The first-order valence-electron chi connectivity index (χ1n) is 11.6. The summed E-state index contributed by atoms with van der Waals surface area (Å²) in [6.07, 6.45) is 10.4. The van der Waals surface area contributed by atoms with Gasteiger partial charge in [0.05, 0.1) is 17.1 Å². The molecular weight excluding hydrogens is 418 g/mol. The Bertz CT molecular complexity index is 1050. The first kappa shape index (κ1) is 22.5. The van der Waals surface area contributed by atoms with E-state index in [2.05, 4.69) is 24.9 Å². The number of unbranched alkanes of at least 4 members (excludes halogenated alkanes) is 6. The number of carbonyl (C=O) groups excluding carboxylic acids is 1. The van der Waals surface area contributed by atoms with Crippen LogP contribution in [0.4, 0.5) is 5.69 Å². The van der Waals surface area contributed by atoms with Crippen LogP contribution < -0.4 is 9.64 Å². The smallest absolute Gasteiger partial charge is 0.265 e. The van der Waals surface area contributed by atoms with Crippen LogP contribution in [0, 0.1) is 6.92 Å². The van der Waals surface area contributed by atoms with Crippen LogP contribution in [-0.4, -0.2) is 29.0 Å². The molecule has 32 heavy (non-hydrogen) atoms. The fourth-order valence-electron chi connectivity index (χ4n) is 4.08. The third-order valence-corrected chi connectivity index (χ3v) is 6.83. The molecule has 0 saturated heterocycles. The van der Waals surface area contributed by atoms with Crippen molar-refractivity contribution in [3.8, 4) is 27.7 Å². The molecule has 0 N–H and O–H groups in total. The van der Waals surface area contributed by atoms with Crippen LogP contribution in [0.25, 0.3) is 22.0 Å². The molecule has 5 nitrogen and oxygen atoms in total. The molecule has 1 aromatic carbocycles. The lowest BCUT2D eigenvalue weighted by Gasteiger charge is -2.30. The topological polar surface area (TPSA) is 55.3 Å². The lowest BCUT2D eigenvalue weighted by Crippen LogP contribution is -2.39. The fraction of sp³-hybridized carbons (Fsp3) is 0.423. The number of hydrogen-bond acceptors (Lipinski definition) is 5. The zero-order valence-corrected chi connectivity index (χ0v) is 19.8. The van der Waals surface area contributed by atoms with Crippen LogP contribution in [0.15, 0.2) is 42.6 Å². The van der Waals surface area contributed by atoms with E-state index < -0.39 is 0 Å². The Morgan fingerprint density at radius 2 is 1.88 bits per heavy atom. The molecule has 168 valence electrons. The van der Waals surface area contributed by atoms with Gasteiger partial charge >= 0.3 is 0 Å². The maximum absolute atomic E-state index is 12.6. The average molecular weight is 450 g/mol. The highest BCUT2D eigenvalue weighted by atomic mass is 32.1. The van der Waals surface area contributed by atoms with E-state index in [1.807, 2.05) is 35.2 Å². The van der Waals surface area contributed by atoms with Crippen molar-refractivity contribution in [3.05, 3.63) is 47.5 Å². The number of aryl methyl sites for hydroxylation is 1. The molecule has 0 spiro atoms. The van der Waals surface area contributed by atoms with Gasteiger partial charge in [-0.05, 0) is 43.7 Å². The molecule has 1 aliphatic heterocycles. The van der Waals surface area contributed by atoms with Gasteiger partial charge in [0.1, 0.15) is 10.8 Å². The highest BCUT2D eigenvalue weighted by molar-refractivity contribution is 7.15. The highest BCUT2D eigenvalue weighted by Gasteiger charge is 2.26. The number of nitrogens with zero attached hydrogens (tertiary/aromatic N) is 3. The largest absolute Gasteiger partial charge is 0.482 e. The minimum atomic E-state index is 0.0322. The summed E-state index contributed by atoms with van der Waals surface area (Å²) in [5, 5.41) is 0.906. The standard InChI is InChI=1S/C26H31N3O2S/c1-3-4-5-6-7-8-11-16-29-22-17-20(13-14-23(22)31-18-24(29)30)25-19(2)32-26(28-25)21-12-9-10-15-27-21/h9-10,12-15,17H,3-8,11,16,18H2,1-2H3. The predicted molar refractivity (Wildman–Crippen MR) is 131 cm³/mol. The first-order chi connectivity index (χ1) is 15.7. The lowest BCUT2D eigenvalue weighted by atomic mass is 10.1. The number of ether oxygens (including phenoxy) is 1. The Balaban J connectivity index is 1.50. The van der Waals surface area contributed by atoms with E-state index in [0.29, 0.717) is 0 Å². The van der Waals surface area contributed by atoms with E-state index in [0.717, 1.165) is 57.7 Å². The number of pyridine rings is 1. The number of fused-ring (bicyclic) bond motifs is 1. The summed E-state index contributed by atoms with van der Waals surface area (Å²) >= 11 is 1.64. The van der Waals surface area contributed by atoms with E-state index >= 15 is 0 Å². The van der Waals surface area contributed by atoms with Crippen LogP contribution in [0.5, 0.6) is 5.75 Å². The Morgan fingerprint density at radius 1 is 1.06 bits per heavy atom. The molecule has 0 bridgehead atoms. The number of hydrogen-bond donors (Lipinski definition) is 0. The van der Waals surface area contributed by atoms with Crippen molar-refractivity contribution in [1.29, 1.82) is 0 Å². The van der Waals surface area contributed by atoms with Crippen molar-refractivity contribution >= 4 is 22.9 Å². The Morgan fingerprint density at radius 3 is 2.66 bits per heavy atom. The summed E-state index contributed by atoms with van der Waals surface area (Å²) in [7, 11) is 0. The molecule has 1 amide bonds. The van der Waals surface area contributed by atoms with E-state index in [-0.39, 0.29) is 12.5 Å². The number of amides is 1. The van der Waals surface area contributed by atoms with Crippen molar-refractivity contribution in [3.63, 3.8) is 0 Å². The zero-order chi connectivity index (χ0) is 22.3. The molecule has 3 aromatic rings. The van der Waals surface area contributed by atoms with Gasteiger partial charge in [0, 0.05) is 23.2 Å². The third kappa shape index (κ3) is 5.18. The highest BCUT2D eigenvalue weighted by Crippen LogP contribution is 2.39. The minimum Gasteiger partial charge on any atom is -0.482 e. The van der Waals surface area contributed by atoms with Gasteiger partial charge in [-0.25, -0.2) is 4.98 Å². The van der Waals surface area contributed by atoms with Gasteiger partial charge in [-0.1, -0.05) is 51.5 Å². The lowest BCUT2D eigenvalue weighted by molar-refractivity contribution is -0.121. The second-order valence-corrected chi connectivity index (χ2v) is 9.48. The molecule has 0 aliphatic carbocycles. The SMILES string of the molecule is CCCCCCCCCN1C(=O)COc2ccc(-c3nc(-c4ccccn4)sc3C)cc21. The molecule has 0 saturated carbocycles. The summed E-state index contributed by atoms with van der Waals surface area (Å²) in [5.74, 6) is 0.805. The summed E-state index contributed by atoms with van der Waals surface area (Å²) in [6, 6.07) is 11.9. The van der Waals surface area contributed by atoms with Gasteiger partial charge in [0.2, 0.25) is 0 Å². The molecule has 3 heterocycles. The number of benzene rings is 1. The first-order valence-corrected chi connectivity index (χ1v) is 12.5. The zero-order valence-electron chi connectivity index (χ0n) is 19.0. The van der Waals surface area contributed by atoms with Crippen LogP contribution >= 0.6 is 11.3 Å². The molecular formula is C26H31N3O2S. The normalized spacial score (nSPS) is 13.2. The van der Waals surface area contributed by atoms with Gasteiger partial charge in [0.15, 0.2) is 6.61 Å². The van der Waals surface area contributed by atoms with Crippen molar-refractivity contribution in [2.24, 2.45) is 0 Å². The molecule has 0 unspecified atom stereocenters. The minimum absolute atomic E-state index is 0.0322. The van der Waals surface area contributed by atoms with E-state index in [4.69, 9.17) is 9.72 Å². The summed E-state index contributed by atoms with van der Waals surface area (Å²) in [5.41, 5.74) is 3.68. The van der Waals surface area contributed by atoms with Crippen molar-refractivity contribution in [1.82, 2.24) is 9.97 Å². The number of thiazole rings is 1. The van der Waals surface area contributed by atoms with Gasteiger partial charge in [-0.2, -0.15) is 0 Å². The molecule has 2 aromatic heterocycles. The van der Waals surface area contributed by atoms with E-state index in [1.54, 1.807) is 17.5 Å². The van der Waals surface area contributed by atoms with E-state index in [1.165, 1.54) is 32.1 Å². The molecule has 0 radical (unpaired) electrons. The van der Waals surface area contributed by atoms with Gasteiger partial charge < -0.3 is 9.64 Å². The van der Waals surface area contributed by atoms with Crippen LogP contribution in [0.2, 0.25) is 0 Å². The molecule has 0 atom stereocenters. The molecule has 0 fully saturated rings. The average Bonchev–Trinajstić information content (AvgIpc) is 3.21. The second-order valence-electron chi connectivity index (χ2n) is 8.28. The number of anilines is 1. The Hall–Kier alpha value is -2.73. The third-order valence-electron chi connectivity index (χ3n) is 5.84. The van der Waals surface area contributed by atoms with Gasteiger partial charge in [-0.15, -0.1) is 11.3 Å². The van der Waals surface area contributed by atoms with E-state index in [9.17, 15) is 4.79 Å². The summed E-state index contributed by atoms with van der Waals surface area (Å²) < 4.78 is 5.71. The predicted octanol–water partition coefficient (Wildman–Crippen LogP) is 6.66. The molecule has 4 rings (SSSR count). The quantitative estimate of drug-likeness (QED) is 0.325. The van der Waals surface area contributed by atoms with Crippen LogP contribution in [-0.2, 0) is 4.79 Å². The fourth-order valence-corrected chi connectivity index (χ4v) is 5.00. The maximum Gasteiger partial charge on any atom is 0.265 e. The Kier molecular flexibility index (Phi) is 7.53. The Labute approximate surface area is 194 Å². The summed E-state index contributed by atoms with van der Waals surface area (Å²) in [4.78, 5) is 25.0. The van der Waals surface area contributed by atoms with Crippen molar-refractivity contribution in [2.75, 3.05) is 18.1 Å². The number of aromatic nitrogens is 2. The molecule has 6 heteroatoms. The number of carbonyl (C=O) groups is 1. The number of rotatable bonds is 10. The molecule has 1 aliphatic rings. The van der Waals surface area contributed by atoms with Gasteiger partial charge in [0.25, 0.3) is 5.91 Å². The summed E-state index contributed by atoms with van der Waals surface area (Å²) in [6.45, 7) is 5.17. The van der Waals surface area contributed by atoms with Gasteiger partial charge in [-0.3, -0.25) is 9.78 Å². The second kappa shape index (κ2) is 10.7. The monoisotopic (exact) mass is 449 g/mol. The van der Waals surface area contributed by atoms with Crippen molar-refractivity contribution < 1.29 is 9.53 Å². The van der Waals surface area contributed by atoms with Crippen LogP contribution in [0.3, 0.4) is 0 Å². The maximum atomic E-state index is 12.6. The van der Waals surface area contributed by atoms with Crippen molar-refractivity contribution in [2.45, 2.75) is 58.8 Å².